The zero-order valence-electron chi connectivity index (χ0n) is 10.3. The molecule has 0 rings (SSSR count). The van der Waals surface area contributed by atoms with Crippen molar-refractivity contribution in [3.05, 3.63) is 0 Å². The van der Waals surface area contributed by atoms with Crippen LogP contribution >= 0.6 is 0 Å². The molecule has 1 amide bonds. The van der Waals surface area contributed by atoms with E-state index in [1.54, 1.807) is 0 Å². The number of nitrogens with zero attached hydrogens (tertiary/aromatic N) is 1. The van der Waals surface area contributed by atoms with E-state index in [1.807, 2.05) is 25.7 Å². The molecule has 5 nitrogen and oxygen atoms in total. The Morgan fingerprint density at radius 3 is 2.44 bits per heavy atom. The van der Waals surface area contributed by atoms with Crippen molar-refractivity contribution in [1.82, 2.24) is 10.2 Å². The first-order chi connectivity index (χ1) is 7.45. The molecule has 0 aromatic heterocycles. The Labute approximate surface area is 96.8 Å². The number of carboxylic acids is 1. The van der Waals surface area contributed by atoms with Gasteiger partial charge >= 0.3 is 5.97 Å². The molecule has 0 unspecified atom stereocenters. The molecule has 2 N–H and O–H groups in total. The summed E-state index contributed by atoms with van der Waals surface area (Å²) < 4.78 is 0. The molecule has 16 heavy (non-hydrogen) atoms. The van der Waals surface area contributed by atoms with Gasteiger partial charge in [0.05, 0.1) is 13.0 Å². The summed E-state index contributed by atoms with van der Waals surface area (Å²) >= 11 is 0. The molecular formula is C11H22N2O3. The second kappa shape index (κ2) is 8.10. The van der Waals surface area contributed by atoms with Crippen LogP contribution in [0.5, 0.6) is 0 Å². The number of amides is 1. The molecule has 0 heterocycles. The first kappa shape index (κ1) is 14.9. The maximum Gasteiger partial charge on any atom is 0.304 e. The summed E-state index contributed by atoms with van der Waals surface area (Å²) in [6, 6.07) is 0. The molecule has 0 saturated carbocycles. The Kier molecular flexibility index (Phi) is 7.54. The zero-order chi connectivity index (χ0) is 12.6. The highest BCUT2D eigenvalue weighted by atomic mass is 16.4. The van der Waals surface area contributed by atoms with Crippen LogP contribution in [0, 0.1) is 5.92 Å². The topological polar surface area (TPSA) is 69.6 Å². The van der Waals surface area contributed by atoms with Crippen LogP contribution in [0.1, 0.15) is 27.2 Å². The Morgan fingerprint density at radius 1 is 1.38 bits per heavy atom. The fourth-order valence-corrected chi connectivity index (χ4v) is 1.18. The lowest BCUT2D eigenvalue weighted by Crippen LogP contribution is -2.39. The van der Waals surface area contributed by atoms with Crippen molar-refractivity contribution in [3.8, 4) is 0 Å². The van der Waals surface area contributed by atoms with Gasteiger partial charge < -0.3 is 10.4 Å². The van der Waals surface area contributed by atoms with Crippen molar-refractivity contribution in [1.29, 1.82) is 0 Å². The molecule has 0 bridgehead atoms. The van der Waals surface area contributed by atoms with Crippen LogP contribution in [0.4, 0.5) is 0 Å². The normalized spacial score (nSPS) is 10.8. The highest BCUT2D eigenvalue weighted by Gasteiger charge is 2.10. The second-order valence-corrected chi connectivity index (χ2v) is 4.21. The molecule has 0 radical (unpaired) electrons. The maximum absolute atomic E-state index is 11.5. The predicted molar refractivity (Wildman–Crippen MR) is 62.2 cm³/mol. The highest BCUT2D eigenvalue weighted by Crippen LogP contribution is 1.92. The van der Waals surface area contributed by atoms with Crippen LogP contribution in [0.25, 0.3) is 0 Å². The van der Waals surface area contributed by atoms with E-state index in [-0.39, 0.29) is 18.9 Å². The van der Waals surface area contributed by atoms with Crippen LogP contribution in [-0.4, -0.2) is 48.1 Å². The molecule has 0 saturated heterocycles. The number of hydrogen-bond donors (Lipinski definition) is 2. The summed E-state index contributed by atoms with van der Waals surface area (Å²) in [4.78, 5) is 23.7. The minimum absolute atomic E-state index is 0.0408. The van der Waals surface area contributed by atoms with E-state index in [4.69, 9.17) is 5.11 Å². The van der Waals surface area contributed by atoms with Crippen LogP contribution in [-0.2, 0) is 9.59 Å². The number of carbonyl (C=O) groups is 2. The van der Waals surface area contributed by atoms with Crippen molar-refractivity contribution in [2.24, 2.45) is 5.92 Å². The van der Waals surface area contributed by atoms with E-state index in [0.29, 0.717) is 25.6 Å². The van der Waals surface area contributed by atoms with Gasteiger partial charge in [0.1, 0.15) is 0 Å². The van der Waals surface area contributed by atoms with Gasteiger partial charge in [0.25, 0.3) is 0 Å². The highest BCUT2D eigenvalue weighted by molar-refractivity contribution is 5.78. The summed E-state index contributed by atoms with van der Waals surface area (Å²) in [6.45, 7) is 8.01. The quantitative estimate of drug-likeness (QED) is 0.639. The number of carboxylic acid groups (broad SMARTS) is 1. The number of likely N-dealkylation sites (N-methyl/N-ethyl adjacent to an activating group) is 1. The van der Waals surface area contributed by atoms with Crippen LogP contribution in [0.3, 0.4) is 0 Å². The summed E-state index contributed by atoms with van der Waals surface area (Å²) in [5, 5.41) is 11.3. The molecule has 0 aromatic carbocycles. The average Bonchev–Trinajstić information content (AvgIpc) is 2.20. The Morgan fingerprint density at radius 2 is 2.00 bits per heavy atom. The van der Waals surface area contributed by atoms with Gasteiger partial charge in [-0.3, -0.25) is 14.5 Å². The summed E-state index contributed by atoms with van der Waals surface area (Å²) in [6.07, 6.45) is 0.0747. The molecule has 0 aliphatic carbocycles. The Hall–Kier alpha value is -1.10. The smallest absolute Gasteiger partial charge is 0.304 e. The van der Waals surface area contributed by atoms with Crippen molar-refractivity contribution in [3.63, 3.8) is 0 Å². The van der Waals surface area contributed by atoms with Crippen molar-refractivity contribution >= 4 is 11.9 Å². The van der Waals surface area contributed by atoms with Gasteiger partial charge in [-0.2, -0.15) is 0 Å². The van der Waals surface area contributed by atoms with E-state index in [2.05, 4.69) is 5.32 Å². The third-order valence-corrected chi connectivity index (χ3v) is 2.16. The van der Waals surface area contributed by atoms with E-state index >= 15 is 0 Å². The molecule has 94 valence electrons. The number of aliphatic carboxylic acids is 1. The molecule has 0 atom stereocenters. The Balaban J connectivity index is 3.83. The van der Waals surface area contributed by atoms with Crippen molar-refractivity contribution < 1.29 is 14.7 Å². The lowest BCUT2D eigenvalue weighted by molar-refractivity contribution is -0.137. The third kappa shape index (κ3) is 8.23. The summed E-state index contributed by atoms with van der Waals surface area (Å²) in [5.74, 6) is -0.444. The van der Waals surface area contributed by atoms with Gasteiger partial charge in [0.15, 0.2) is 0 Å². The molecule has 0 fully saturated rings. The van der Waals surface area contributed by atoms with Crippen molar-refractivity contribution in [2.75, 3.05) is 26.2 Å². The predicted octanol–water partition coefficient (Wildman–Crippen LogP) is 0.555. The minimum Gasteiger partial charge on any atom is -0.481 e. The van der Waals surface area contributed by atoms with Crippen LogP contribution in [0.15, 0.2) is 0 Å². The SMILES string of the molecule is CCN(CCC(=O)O)CC(=O)NCC(C)C. The number of hydrogen-bond acceptors (Lipinski definition) is 3. The minimum atomic E-state index is -0.832. The lowest BCUT2D eigenvalue weighted by atomic mass is 10.2. The van der Waals surface area contributed by atoms with Gasteiger partial charge in [-0.15, -0.1) is 0 Å². The standard InChI is InChI=1S/C11H22N2O3/c1-4-13(6-5-11(15)16)8-10(14)12-7-9(2)3/h9H,4-8H2,1-3H3,(H,12,14)(H,15,16). The monoisotopic (exact) mass is 230 g/mol. The van der Waals surface area contributed by atoms with Gasteiger partial charge in [0, 0.05) is 13.1 Å². The fraction of sp³-hybridized carbons (Fsp3) is 0.818. The van der Waals surface area contributed by atoms with Gasteiger partial charge in [-0.1, -0.05) is 20.8 Å². The fourth-order valence-electron chi connectivity index (χ4n) is 1.18. The lowest BCUT2D eigenvalue weighted by Gasteiger charge is -2.19. The van der Waals surface area contributed by atoms with Gasteiger partial charge in [0.2, 0.25) is 5.91 Å². The Bertz CT molecular complexity index is 229. The van der Waals surface area contributed by atoms with E-state index < -0.39 is 5.97 Å². The molecule has 5 heteroatoms. The molecule has 0 aliphatic rings. The molecular weight excluding hydrogens is 208 g/mol. The van der Waals surface area contributed by atoms with E-state index in [9.17, 15) is 9.59 Å². The van der Waals surface area contributed by atoms with E-state index in [0.717, 1.165) is 0 Å². The number of rotatable bonds is 8. The molecule has 0 spiro atoms. The maximum atomic E-state index is 11.5. The number of nitrogens with one attached hydrogen (secondary N) is 1. The van der Waals surface area contributed by atoms with Gasteiger partial charge in [-0.25, -0.2) is 0 Å². The average molecular weight is 230 g/mol. The third-order valence-electron chi connectivity index (χ3n) is 2.16. The summed E-state index contributed by atoms with van der Waals surface area (Å²) in [5.41, 5.74) is 0. The second-order valence-electron chi connectivity index (χ2n) is 4.21. The first-order valence-electron chi connectivity index (χ1n) is 5.66. The summed E-state index contributed by atoms with van der Waals surface area (Å²) in [7, 11) is 0. The van der Waals surface area contributed by atoms with Gasteiger partial charge in [-0.05, 0) is 12.5 Å². The number of carbonyl (C=O) groups excluding carboxylic acids is 1. The first-order valence-corrected chi connectivity index (χ1v) is 5.66. The molecule has 0 aromatic rings. The van der Waals surface area contributed by atoms with Crippen LogP contribution in [0.2, 0.25) is 0 Å². The van der Waals surface area contributed by atoms with Crippen molar-refractivity contribution in [2.45, 2.75) is 27.2 Å². The molecule has 0 aliphatic heterocycles. The van der Waals surface area contributed by atoms with Crippen LogP contribution < -0.4 is 5.32 Å². The van der Waals surface area contributed by atoms with E-state index in [1.165, 1.54) is 0 Å². The largest absolute Gasteiger partial charge is 0.481 e. The zero-order valence-corrected chi connectivity index (χ0v) is 10.3.